The van der Waals surface area contributed by atoms with Crippen molar-refractivity contribution in [2.75, 3.05) is 6.61 Å². The van der Waals surface area contributed by atoms with Crippen molar-refractivity contribution < 1.29 is 13.9 Å². The van der Waals surface area contributed by atoms with Crippen LogP contribution in [0.5, 0.6) is 5.75 Å². The molecule has 0 saturated carbocycles. The smallest absolute Gasteiger partial charge is 0.260 e. The van der Waals surface area contributed by atoms with Gasteiger partial charge in [-0.05, 0) is 39.8 Å². The molecule has 0 atom stereocenters. The zero-order valence-electron chi connectivity index (χ0n) is 11.6. The molecule has 0 radical (unpaired) electrons. The minimum Gasteiger partial charge on any atom is -0.484 e. The number of hydrogen-bond acceptors (Lipinski definition) is 2. The third-order valence-electron chi connectivity index (χ3n) is 2.65. The average molecular weight is 288 g/mol. The molecule has 106 valence electrons. The highest BCUT2D eigenvalue weighted by molar-refractivity contribution is 6.30. The number of rotatable bonds is 5. The van der Waals surface area contributed by atoms with Gasteiger partial charge in [0.25, 0.3) is 5.91 Å². The van der Waals surface area contributed by atoms with Crippen molar-refractivity contribution in [3.8, 4) is 5.75 Å². The molecule has 0 heterocycles. The predicted molar refractivity (Wildman–Crippen MR) is 74.0 cm³/mol. The summed E-state index contributed by atoms with van der Waals surface area (Å²) in [7, 11) is 0. The van der Waals surface area contributed by atoms with E-state index in [1.165, 1.54) is 18.2 Å². The molecular weight excluding hydrogens is 269 g/mol. The lowest BCUT2D eigenvalue weighted by atomic mass is 10.2. The van der Waals surface area contributed by atoms with Crippen LogP contribution < -0.4 is 4.74 Å². The van der Waals surface area contributed by atoms with E-state index in [1.54, 1.807) is 4.90 Å². The van der Waals surface area contributed by atoms with Gasteiger partial charge in [0.2, 0.25) is 0 Å². The van der Waals surface area contributed by atoms with E-state index in [4.69, 9.17) is 16.3 Å². The van der Waals surface area contributed by atoms with Crippen molar-refractivity contribution in [1.29, 1.82) is 0 Å². The zero-order chi connectivity index (χ0) is 14.6. The number of ether oxygens (including phenoxy) is 1. The Hall–Kier alpha value is -1.29. The Labute approximate surface area is 118 Å². The van der Waals surface area contributed by atoms with Gasteiger partial charge >= 0.3 is 0 Å². The summed E-state index contributed by atoms with van der Waals surface area (Å²) in [6.07, 6.45) is 0. The highest BCUT2D eigenvalue weighted by Crippen LogP contribution is 2.21. The van der Waals surface area contributed by atoms with Crippen LogP contribution in [0.4, 0.5) is 4.39 Å². The summed E-state index contributed by atoms with van der Waals surface area (Å²) in [4.78, 5) is 13.8. The van der Waals surface area contributed by atoms with Crippen LogP contribution in [0.15, 0.2) is 18.2 Å². The quantitative estimate of drug-likeness (QED) is 0.829. The molecule has 0 aliphatic heterocycles. The third kappa shape index (κ3) is 4.39. The number of hydrogen-bond donors (Lipinski definition) is 0. The molecule has 0 bridgehead atoms. The summed E-state index contributed by atoms with van der Waals surface area (Å²) < 4.78 is 18.3. The summed E-state index contributed by atoms with van der Waals surface area (Å²) in [6.45, 7) is 7.72. The lowest BCUT2D eigenvalue weighted by Gasteiger charge is -2.30. The maximum absolute atomic E-state index is 13.0. The molecule has 1 rings (SSSR count). The first-order valence-electron chi connectivity index (χ1n) is 6.22. The Bertz CT molecular complexity index is 441. The first kappa shape index (κ1) is 15.8. The Morgan fingerprint density at radius 2 is 1.89 bits per heavy atom. The van der Waals surface area contributed by atoms with E-state index in [-0.39, 0.29) is 29.6 Å². The van der Waals surface area contributed by atoms with E-state index in [2.05, 4.69) is 0 Å². The van der Waals surface area contributed by atoms with Crippen molar-refractivity contribution >= 4 is 17.5 Å². The molecule has 1 amide bonds. The van der Waals surface area contributed by atoms with Crippen LogP contribution in [0.1, 0.15) is 27.7 Å². The van der Waals surface area contributed by atoms with Crippen LogP contribution in [0.25, 0.3) is 0 Å². The van der Waals surface area contributed by atoms with Crippen molar-refractivity contribution in [2.45, 2.75) is 39.8 Å². The fraction of sp³-hybridized carbons (Fsp3) is 0.500. The van der Waals surface area contributed by atoms with Crippen molar-refractivity contribution in [2.24, 2.45) is 0 Å². The summed E-state index contributed by atoms with van der Waals surface area (Å²) in [5, 5.41) is -0.0190. The van der Waals surface area contributed by atoms with Crippen molar-refractivity contribution in [1.82, 2.24) is 4.90 Å². The predicted octanol–water partition coefficient (Wildman–Crippen LogP) is 3.50. The van der Waals surface area contributed by atoms with Gasteiger partial charge < -0.3 is 9.64 Å². The fourth-order valence-corrected chi connectivity index (χ4v) is 2.13. The lowest BCUT2D eigenvalue weighted by Crippen LogP contribution is -2.44. The van der Waals surface area contributed by atoms with Gasteiger partial charge in [-0.15, -0.1) is 0 Å². The number of benzene rings is 1. The summed E-state index contributed by atoms with van der Waals surface area (Å²) >= 11 is 5.64. The molecule has 1 aromatic carbocycles. The molecule has 0 spiro atoms. The second-order valence-electron chi connectivity index (χ2n) is 4.85. The SMILES string of the molecule is CC(C)N(C(=O)COc1ccc(F)c(Cl)c1)C(C)C. The van der Waals surface area contributed by atoms with Gasteiger partial charge in [0.1, 0.15) is 11.6 Å². The molecule has 0 unspecified atom stereocenters. The summed E-state index contributed by atoms with van der Waals surface area (Å²) in [5.74, 6) is -0.232. The van der Waals surface area contributed by atoms with E-state index < -0.39 is 5.82 Å². The van der Waals surface area contributed by atoms with Gasteiger partial charge in [0, 0.05) is 18.2 Å². The third-order valence-corrected chi connectivity index (χ3v) is 2.94. The Morgan fingerprint density at radius 3 is 2.37 bits per heavy atom. The van der Waals surface area contributed by atoms with Crippen LogP contribution in [0.2, 0.25) is 5.02 Å². The number of amides is 1. The number of carbonyl (C=O) groups excluding carboxylic acids is 1. The van der Waals surface area contributed by atoms with Gasteiger partial charge in [-0.3, -0.25) is 4.79 Å². The highest BCUT2D eigenvalue weighted by Gasteiger charge is 2.20. The molecule has 0 fully saturated rings. The Balaban J connectivity index is 2.65. The van der Waals surface area contributed by atoms with Crippen molar-refractivity contribution in [3.05, 3.63) is 29.0 Å². The normalized spacial score (nSPS) is 10.9. The monoisotopic (exact) mass is 287 g/mol. The number of halogens is 2. The number of nitrogens with zero attached hydrogens (tertiary/aromatic N) is 1. The minimum atomic E-state index is -0.508. The Kier molecular flexibility index (Phi) is 5.60. The van der Waals surface area contributed by atoms with Crippen molar-refractivity contribution in [3.63, 3.8) is 0 Å². The van der Waals surface area contributed by atoms with Gasteiger partial charge in [-0.2, -0.15) is 0 Å². The molecule has 1 aromatic rings. The van der Waals surface area contributed by atoms with Gasteiger partial charge in [0.05, 0.1) is 5.02 Å². The summed E-state index contributed by atoms with van der Waals surface area (Å²) in [5.41, 5.74) is 0. The van der Waals surface area contributed by atoms with Crippen LogP contribution >= 0.6 is 11.6 Å². The van der Waals surface area contributed by atoms with Gasteiger partial charge in [-0.1, -0.05) is 11.6 Å². The molecule has 19 heavy (non-hydrogen) atoms. The molecule has 0 aliphatic rings. The zero-order valence-corrected chi connectivity index (χ0v) is 12.4. The van der Waals surface area contributed by atoms with E-state index in [1.807, 2.05) is 27.7 Å². The fourth-order valence-electron chi connectivity index (χ4n) is 1.96. The second-order valence-corrected chi connectivity index (χ2v) is 5.26. The molecule has 5 heteroatoms. The second kappa shape index (κ2) is 6.75. The summed E-state index contributed by atoms with van der Waals surface area (Å²) in [6, 6.07) is 4.23. The molecule has 3 nitrogen and oxygen atoms in total. The van der Waals surface area contributed by atoms with E-state index >= 15 is 0 Å². The first-order chi connectivity index (χ1) is 8.82. The maximum Gasteiger partial charge on any atom is 0.260 e. The molecule has 0 aromatic heterocycles. The van der Waals surface area contributed by atoms with E-state index in [0.717, 1.165) is 0 Å². The topological polar surface area (TPSA) is 29.5 Å². The van der Waals surface area contributed by atoms with Gasteiger partial charge in [0.15, 0.2) is 6.61 Å². The molecule has 0 saturated heterocycles. The minimum absolute atomic E-state index is 0.0190. The standard InChI is InChI=1S/C14H19ClFNO2/c1-9(2)17(10(3)4)14(18)8-19-11-5-6-13(16)12(15)7-11/h5-7,9-10H,8H2,1-4H3. The van der Waals surface area contributed by atoms with Crippen LogP contribution in [0.3, 0.4) is 0 Å². The average Bonchev–Trinajstić information content (AvgIpc) is 2.29. The maximum atomic E-state index is 13.0. The molecule has 0 aliphatic carbocycles. The van der Waals surface area contributed by atoms with E-state index in [9.17, 15) is 9.18 Å². The van der Waals surface area contributed by atoms with Crippen LogP contribution in [-0.2, 0) is 4.79 Å². The molecular formula is C14H19ClFNO2. The van der Waals surface area contributed by atoms with Crippen LogP contribution in [0, 0.1) is 5.82 Å². The largest absolute Gasteiger partial charge is 0.484 e. The van der Waals surface area contributed by atoms with E-state index in [0.29, 0.717) is 5.75 Å². The van der Waals surface area contributed by atoms with Crippen LogP contribution in [-0.4, -0.2) is 29.5 Å². The number of carbonyl (C=O) groups is 1. The Morgan fingerprint density at radius 1 is 1.32 bits per heavy atom. The lowest BCUT2D eigenvalue weighted by molar-refractivity contribution is -0.136. The molecule has 0 N–H and O–H groups in total. The highest BCUT2D eigenvalue weighted by atomic mass is 35.5. The van der Waals surface area contributed by atoms with Gasteiger partial charge in [-0.25, -0.2) is 4.39 Å². The first-order valence-corrected chi connectivity index (χ1v) is 6.59.